The number of carbonyl (C=O) groups excluding carboxylic acids is 1. The Labute approximate surface area is 141 Å². The third-order valence-electron chi connectivity index (χ3n) is 3.68. The molecule has 24 heavy (non-hydrogen) atoms. The second-order valence-corrected chi connectivity index (χ2v) is 5.84. The van der Waals surface area contributed by atoms with Crippen LogP contribution in [0.2, 0.25) is 0 Å². The quantitative estimate of drug-likeness (QED) is 0.602. The van der Waals surface area contributed by atoms with Crippen LogP contribution in [0.5, 0.6) is 0 Å². The van der Waals surface area contributed by atoms with Crippen LogP contribution in [0.25, 0.3) is 0 Å². The predicted octanol–water partition coefficient (Wildman–Crippen LogP) is 3.52. The number of para-hydroxylation sites is 2. The molecule has 2 N–H and O–H groups in total. The Balaban J connectivity index is 2.01. The third-order valence-corrected chi connectivity index (χ3v) is 3.68. The molecular weight excluding hydrogens is 306 g/mol. The zero-order valence-corrected chi connectivity index (χ0v) is 13.7. The number of nitrogens with zero attached hydrogens (tertiary/aromatic N) is 1. The summed E-state index contributed by atoms with van der Waals surface area (Å²) in [6.45, 7) is 4.22. The molecule has 0 bridgehead atoms. The minimum absolute atomic E-state index is 0.0303. The molecule has 2 aromatic carbocycles. The lowest BCUT2D eigenvalue weighted by Crippen LogP contribution is -2.33. The van der Waals surface area contributed by atoms with E-state index in [1.807, 2.05) is 30.3 Å². The first-order chi connectivity index (χ1) is 11.5. The topological polar surface area (TPSA) is 84.3 Å². The summed E-state index contributed by atoms with van der Waals surface area (Å²) < 4.78 is 0. The Morgan fingerprint density at radius 3 is 2.33 bits per heavy atom. The fraction of sp³-hybridized carbons (Fsp3) is 0.278. The number of amides is 1. The smallest absolute Gasteiger partial charge is 0.292 e. The molecule has 6 nitrogen and oxygen atoms in total. The van der Waals surface area contributed by atoms with Crippen molar-refractivity contribution in [2.75, 3.05) is 11.9 Å². The van der Waals surface area contributed by atoms with Gasteiger partial charge in [-0.1, -0.05) is 56.3 Å². The molecule has 2 aromatic rings. The number of nitro benzene ring substituents is 1. The van der Waals surface area contributed by atoms with Crippen molar-refractivity contribution in [3.63, 3.8) is 0 Å². The Hall–Kier alpha value is -2.73. The van der Waals surface area contributed by atoms with E-state index < -0.39 is 4.92 Å². The van der Waals surface area contributed by atoms with Gasteiger partial charge in [0.05, 0.1) is 11.5 Å². The van der Waals surface area contributed by atoms with E-state index in [9.17, 15) is 14.9 Å². The molecule has 1 atom stereocenters. The second-order valence-electron chi connectivity index (χ2n) is 5.84. The SMILES string of the molecule is CC(C)[C@@H](NCC(=O)Nc1ccccc1[N+](=O)[O-])c1ccccc1. The number of anilines is 1. The molecule has 126 valence electrons. The first-order valence-corrected chi connectivity index (χ1v) is 7.80. The largest absolute Gasteiger partial charge is 0.319 e. The highest BCUT2D eigenvalue weighted by Crippen LogP contribution is 2.23. The van der Waals surface area contributed by atoms with Crippen molar-refractivity contribution in [3.05, 3.63) is 70.3 Å². The maximum absolute atomic E-state index is 12.1. The number of hydrogen-bond donors (Lipinski definition) is 2. The number of carbonyl (C=O) groups is 1. The first kappa shape index (κ1) is 17.6. The predicted molar refractivity (Wildman–Crippen MR) is 93.7 cm³/mol. The summed E-state index contributed by atoms with van der Waals surface area (Å²) in [5.41, 5.74) is 1.19. The van der Waals surface area contributed by atoms with Crippen LogP contribution in [0, 0.1) is 16.0 Å². The summed E-state index contributed by atoms with van der Waals surface area (Å²) >= 11 is 0. The molecule has 0 aromatic heterocycles. The average molecular weight is 327 g/mol. The van der Waals surface area contributed by atoms with Crippen molar-refractivity contribution in [3.8, 4) is 0 Å². The van der Waals surface area contributed by atoms with E-state index in [-0.39, 0.29) is 29.9 Å². The minimum Gasteiger partial charge on any atom is -0.319 e. The Morgan fingerprint density at radius 2 is 1.71 bits per heavy atom. The van der Waals surface area contributed by atoms with Crippen LogP contribution in [0.3, 0.4) is 0 Å². The molecule has 0 radical (unpaired) electrons. The maximum atomic E-state index is 12.1. The van der Waals surface area contributed by atoms with Gasteiger partial charge in [0.1, 0.15) is 5.69 Å². The van der Waals surface area contributed by atoms with Gasteiger partial charge < -0.3 is 10.6 Å². The number of nitro groups is 1. The van der Waals surface area contributed by atoms with Gasteiger partial charge >= 0.3 is 0 Å². The van der Waals surface area contributed by atoms with Crippen molar-refractivity contribution in [2.45, 2.75) is 19.9 Å². The van der Waals surface area contributed by atoms with Crippen LogP contribution in [0.1, 0.15) is 25.5 Å². The highest BCUT2D eigenvalue weighted by atomic mass is 16.6. The minimum atomic E-state index is -0.510. The van der Waals surface area contributed by atoms with Crippen LogP contribution < -0.4 is 10.6 Å². The molecule has 0 saturated carbocycles. The highest BCUT2D eigenvalue weighted by molar-refractivity contribution is 5.94. The Morgan fingerprint density at radius 1 is 1.08 bits per heavy atom. The molecule has 0 aliphatic rings. The number of hydrogen-bond acceptors (Lipinski definition) is 4. The lowest BCUT2D eigenvalue weighted by Gasteiger charge is -2.22. The van der Waals surface area contributed by atoms with Crippen LogP contribution >= 0.6 is 0 Å². The van der Waals surface area contributed by atoms with Gasteiger partial charge in [-0.05, 0) is 17.5 Å². The van der Waals surface area contributed by atoms with Crippen LogP contribution in [0.15, 0.2) is 54.6 Å². The van der Waals surface area contributed by atoms with Gasteiger partial charge in [-0.3, -0.25) is 14.9 Å². The van der Waals surface area contributed by atoms with Gasteiger partial charge in [0, 0.05) is 12.1 Å². The second kappa shape index (κ2) is 8.21. The fourth-order valence-electron chi connectivity index (χ4n) is 2.53. The van der Waals surface area contributed by atoms with Crippen LogP contribution in [0.4, 0.5) is 11.4 Å². The summed E-state index contributed by atoms with van der Waals surface area (Å²) in [5, 5.41) is 16.8. The summed E-state index contributed by atoms with van der Waals surface area (Å²) in [4.78, 5) is 22.6. The van der Waals surface area contributed by atoms with E-state index in [1.165, 1.54) is 12.1 Å². The van der Waals surface area contributed by atoms with Crippen molar-refractivity contribution in [1.29, 1.82) is 0 Å². The lowest BCUT2D eigenvalue weighted by molar-refractivity contribution is -0.383. The molecule has 6 heteroatoms. The number of rotatable bonds is 7. The average Bonchev–Trinajstić information content (AvgIpc) is 2.56. The monoisotopic (exact) mass is 327 g/mol. The van der Waals surface area contributed by atoms with Crippen molar-refractivity contribution >= 4 is 17.3 Å². The number of nitrogens with one attached hydrogen (secondary N) is 2. The van der Waals surface area contributed by atoms with E-state index in [0.29, 0.717) is 5.92 Å². The molecule has 0 unspecified atom stereocenters. The van der Waals surface area contributed by atoms with Gasteiger partial charge in [0.2, 0.25) is 5.91 Å². The standard InChI is InChI=1S/C18H21N3O3/c1-13(2)18(14-8-4-3-5-9-14)19-12-17(22)20-15-10-6-7-11-16(15)21(23)24/h3-11,13,18-19H,12H2,1-2H3,(H,20,22)/t18-/m1/s1. The van der Waals surface area contributed by atoms with Gasteiger partial charge in [-0.25, -0.2) is 0 Å². The van der Waals surface area contributed by atoms with Crippen molar-refractivity contribution < 1.29 is 9.72 Å². The fourth-order valence-corrected chi connectivity index (χ4v) is 2.53. The molecule has 2 rings (SSSR count). The van der Waals surface area contributed by atoms with E-state index in [1.54, 1.807) is 12.1 Å². The first-order valence-electron chi connectivity index (χ1n) is 7.80. The molecule has 0 aliphatic carbocycles. The zero-order chi connectivity index (χ0) is 17.5. The number of benzene rings is 2. The summed E-state index contributed by atoms with van der Waals surface area (Å²) in [6.07, 6.45) is 0. The molecule has 0 saturated heterocycles. The van der Waals surface area contributed by atoms with Crippen LogP contribution in [-0.4, -0.2) is 17.4 Å². The maximum Gasteiger partial charge on any atom is 0.292 e. The molecule has 0 heterocycles. The summed E-state index contributed by atoms with van der Waals surface area (Å²) in [7, 11) is 0. The molecule has 0 fully saturated rings. The molecular formula is C18H21N3O3. The van der Waals surface area contributed by atoms with E-state index >= 15 is 0 Å². The van der Waals surface area contributed by atoms with Gasteiger partial charge in [0.15, 0.2) is 0 Å². The zero-order valence-electron chi connectivity index (χ0n) is 13.7. The van der Waals surface area contributed by atoms with E-state index in [0.717, 1.165) is 5.56 Å². The van der Waals surface area contributed by atoms with Gasteiger partial charge in [0.25, 0.3) is 5.69 Å². The third kappa shape index (κ3) is 4.63. The Kier molecular flexibility index (Phi) is 6.03. The molecule has 0 spiro atoms. The van der Waals surface area contributed by atoms with Crippen LogP contribution in [-0.2, 0) is 4.79 Å². The Bertz CT molecular complexity index is 702. The molecule has 0 aliphatic heterocycles. The van der Waals surface area contributed by atoms with Crippen molar-refractivity contribution in [1.82, 2.24) is 5.32 Å². The van der Waals surface area contributed by atoms with Gasteiger partial charge in [-0.2, -0.15) is 0 Å². The van der Waals surface area contributed by atoms with Gasteiger partial charge in [-0.15, -0.1) is 0 Å². The van der Waals surface area contributed by atoms with E-state index in [4.69, 9.17) is 0 Å². The van der Waals surface area contributed by atoms with E-state index in [2.05, 4.69) is 24.5 Å². The summed E-state index contributed by atoms with van der Waals surface area (Å²) in [6, 6.07) is 16.0. The van der Waals surface area contributed by atoms with Crippen molar-refractivity contribution in [2.24, 2.45) is 5.92 Å². The lowest BCUT2D eigenvalue weighted by atomic mass is 9.96. The summed E-state index contributed by atoms with van der Waals surface area (Å²) in [5.74, 6) is -0.0165. The normalized spacial score (nSPS) is 12.0. The molecule has 1 amide bonds. The highest BCUT2D eigenvalue weighted by Gasteiger charge is 2.18.